The molecule has 0 aliphatic rings. The van der Waals surface area contributed by atoms with E-state index in [1.54, 1.807) is 30.3 Å². The molecule has 0 saturated heterocycles. The van der Waals surface area contributed by atoms with Crippen LogP contribution in [-0.2, 0) is 0 Å². The number of anilines is 1. The highest BCUT2D eigenvalue weighted by atomic mass is 19.1. The monoisotopic (exact) mass is 255 g/mol. The highest BCUT2D eigenvalue weighted by Gasteiger charge is 2.09. The van der Waals surface area contributed by atoms with Gasteiger partial charge in [0, 0.05) is 5.69 Å². The van der Waals surface area contributed by atoms with Crippen LogP contribution in [-0.4, -0.2) is 9.55 Å². The predicted octanol–water partition coefficient (Wildman–Crippen LogP) is 2.11. The molecule has 0 spiro atoms. The summed E-state index contributed by atoms with van der Waals surface area (Å²) in [5.74, 6) is -0.556. The van der Waals surface area contributed by atoms with Gasteiger partial charge in [-0.2, -0.15) is 0 Å². The van der Waals surface area contributed by atoms with Crippen molar-refractivity contribution in [2.24, 2.45) is 0 Å². The molecule has 0 aliphatic heterocycles. The molecule has 0 aliphatic carbocycles. The summed E-state index contributed by atoms with van der Waals surface area (Å²) in [5.41, 5.74) is 6.21. The maximum atomic E-state index is 13.8. The van der Waals surface area contributed by atoms with Crippen LogP contribution in [0.15, 0.2) is 53.6 Å². The molecule has 4 nitrogen and oxygen atoms in total. The molecule has 94 valence electrons. The fourth-order valence-electron chi connectivity index (χ4n) is 1.96. The fraction of sp³-hybridized carbons (Fsp3) is 0. The van der Waals surface area contributed by atoms with Gasteiger partial charge in [-0.3, -0.25) is 9.36 Å². The van der Waals surface area contributed by atoms with E-state index in [2.05, 4.69) is 4.98 Å². The van der Waals surface area contributed by atoms with Crippen LogP contribution in [0.5, 0.6) is 0 Å². The van der Waals surface area contributed by atoms with Crippen molar-refractivity contribution in [1.29, 1.82) is 0 Å². The zero-order valence-corrected chi connectivity index (χ0v) is 9.88. The number of fused-ring (bicyclic) bond motifs is 1. The van der Waals surface area contributed by atoms with Gasteiger partial charge in [0.05, 0.1) is 16.6 Å². The molecule has 1 aromatic heterocycles. The zero-order chi connectivity index (χ0) is 13.4. The van der Waals surface area contributed by atoms with Crippen molar-refractivity contribution in [3.05, 3.63) is 65.0 Å². The van der Waals surface area contributed by atoms with Gasteiger partial charge < -0.3 is 5.73 Å². The van der Waals surface area contributed by atoms with Gasteiger partial charge in [0.2, 0.25) is 0 Å². The minimum atomic E-state index is -0.556. The Hall–Kier alpha value is -2.69. The van der Waals surface area contributed by atoms with Crippen LogP contribution < -0.4 is 11.3 Å². The molecule has 0 fully saturated rings. The van der Waals surface area contributed by atoms with Gasteiger partial charge in [-0.15, -0.1) is 0 Å². The summed E-state index contributed by atoms with van der Waals surface area (Å²) in [7, 11) is 0. The van der Waals surface area contributed by atoms with Gasteiger partial charge in [-0.1, -0.05) is 12.1 Å². The second-order valence-corrected chi connectivity index (χ2v) is 4.15. The van der Waals surface area contributed by atoms with E-state index in [-0.39, 0.29) is 11.2 Å². The summed E-state index contributed by atoms with van der Waals surface area (Å²) in [6, 6.07) is 11.1. The number of benzene rings is 2. The number of para-hydroxylation sites is 1. The average molecular weight is 255 g/mol. The van der Waals surface area contributed by atoms with Crippen molar-refractivity contribution in [3.63, 3.8) is 0 Å². The first-order chi connectivity index (χ1) is 9.16. The van der Waals surface area contributed by atoms with E-state index in [1.807, 2.05) is 0 Å². The second kappa shape index (κ2) is 4.20. The van der Waals surface area contributed by atoms with Gasteiger partial charge >= 0.3 is 0 Å². The van der Waals surface area contributed by atoms with Gasteiger partial charge in [0.15, 0.2) is 0 Å². The van der Waals surface area contributed by atoms with E-state index in [0.717, 1.165) is 0 Å². The Morgan fingerprint density at radius 3 is 2.74 bits per heavy atom. The van der Waals surface area contributed by atoms with Gasteiger partial charge in [0.25, 0.3) is 5.56 Å². The molecular formula is C14H10FN3O. The zero-order valence-electron chi connectivity index (χ0n) is 9.88. The summed E-state index contributed by atoms with van der Waals surface area (Å²) in [4.78, 5) is 16.4. The maximum Gasteiger partial charge on any atom is 0.265 e. The lowest BCUT2D eigenvalue weighted by molar-refractivity contribution is 0.616. The molecule has 3 aromatic rings. The van der Waals surface area contributed by atoms with Crippen LogP contribution in [0.2, 0.25) is 0 Å². The number of halogens is 1. The van der Waals surface area contributed by atoms with Gasteiger partial charge in [-0.25, -0.2) is 9.37 Å². The molecule has 0 unspecified atom stereocenters. The van der Waals surface area contributed by atoms with Crippen molar-refractivity contribution in [2.45, 2.75) is 0 Å². The third-order valence-electron chi connectivity index (χ3n) is 2.90. The first-order valence-electron chi connectivity index (χ1n) is 5.68. The Morgan fingerprint density at radius 1 is 1.16 bits per heavy atom. The minimum absolute atomic E-state index is 0.137. The number of nitrogens with two attached hydrogens (primary N) is 1. The van der Waals surface area contributed by atoms with E-state index in [0.29, 0.717) is 16.6 Å². The number of aromatic nitrogens is 2. The third kappa shape index (κ3) is 1.85. The van der Waals surface area contributed by atoms with E-state index in [9.17, 15) is 9.18 Å². The Labute approximate surface area is 107 Å². The molecule has 5 heteroatoms. The number of hydrogen-bond donors (Lipinski definition) is 1. The van der Waals surface area contributed by atoms with Crippen LogP contribution in [0.1, 0.15) is 0 Å². The molecule has 1 heterocycles. The Bertz CT molecular complexity index is 826. The van der Waals surface area contributed by atoms with Crippen LogP contribution in [0.4, 0.5) is 10.1 Å². The quantitative estimate of drug-likeness (QED) is 0.677. The normalized spacial score (nSPS) is 10.8. The van der Waals surface area contributed by atoms with Crippen LogP contribution in [0, 0.1) is 5.82 Å². The first kappa shape index (κ1) is 11.4. The molecule has 0 atom stereocenters. The van der Waals surface area contributed by atoms with E-state index < -0.39 is 5.82 Å². The molecular weight excluding hydrogens is 245 g/mol. The Kier molecular flexibility index (Phi) is 2.52. The predicted molar refractivity (Wildman–Crippen MR) is 71.7 cm³/mol. The third-order valence-corrected chi connectivity index (χ3v) is 2.90. The van der Waals surface area contributed by atoms with Crippen molar-refractivity contribution in [3.8, 4) is 5.69 Å². The van der Waals surface area contributed by atoms with Crippen LogP contribution in [0.25, 0.3) is 16.6 Å². The van der Waals surface area contributed by atoms with E-state index in [1.165, 1.54) is 23.0 Å². The van der Waals surface area contributed by atoms with Gasteiger partial charge in [-0.05, 0) is 30.3 Å². The SMILES string of the molecule is Nc1ccc(-n2cnc3ccccc3c2=O)c(F)c1. The maximum absolute atomic E-state index is 13.8. The number of hydrogen-bond acceptors (Lipinski definition) is 3. The number of nitrogens with zero attached hydrogens (tertiary/aromatic N) is 2. The fourth-order valence-corrected chi connectivity index (χ4v) is 1.96. The largest absolute Gasteiger partial charge is 0.399 e. The summed E-state index contributed by atoms with van der Waals surface area (Å²) in [6.45, 7) is 0. The van der Waals surface area contributed by atoms with Crippen molar-refractivity contribution >= 4 is 16.6 Å². The molecule has 0 amide bonds. The second-order valence-electron chi connectivity index (χ2n) is 4.15. The summed E-state index contributed by atoms with van der Waals surface area (Å²) in [6.07, 6.45) is 1.32. The summed E-state index contributed by atoms with van der Waals surface area (Å²) < 4.78 is 15.0. The van der Waals surface area contributed by atoms with Crippen molar-refractivity contribution < 1.29 is 4.39 Å². The molecule has 2 N–H and O–H groups in total. The number of nitrogen functional groups attached to an aromatic ring is 1. The van der Waals surface area contributed by atoms with Gasteiger partial charge in [0.1, 0.15) is 12.1 Å². The summed E-state index contributed by atoms with van der Waals surface area (Å²) >= 11 is 0. The van der Waals surface area contributed by atoms with Crippen molar-refractivity contribution in [2.75, 3.05) is 5.73 Å². The molecule has 0 saturated carbocycles. The van der Waals surface area contributed by atoms with Crippen LogP contribution in [0.3, 0.4) is 0 Å². The molecule has 2 aromatic carbocycles. The lowest BCUT2D eigenvalue weighted by Gasteiger charge is -2.08. The first-order valence-corrected chi connectivity index (χ1v) is 5.68. The lowest BCUT2D eigenvalue weighted by atomic mass is 10.2. The Balaban J connectivity index is 2.31. The molecule has 0 bridgehead atoms. The van der Waals surface area contributed by atoms with Crippen molar-refractivity contribution in [1.82, 2.24) is 9.55 Å². The minimum Gasteiger partial charge on any atom is -0.399 e. The number of rotatable bonds is 1. The lowest BCUT2D eigenvalue weighted by Crippen LogP contribution is -2.19. The highest BCUT2D eigenvalue weighted by molar-refractivity contribution is 5.77. The van der Waals surface area contributed by atoms with E-state index in [4.69, 9.17) is 5.73 Å². The van der Waals surface area contributed by atoms with Crippen LogP contribution >= 0.6 is 0 Å². The highest BCUT2D eigenvalue weighted by Crippen LogP contribution is 2.15. The summed E-state index contributed by atoms with van der Waals surface area (Å²) in [5, 5.41) is 0.446. The Morgan fingerprint density at radius 2 is 1.95 bits per heavy atom. The topological polar surface area (TPSA) is 60.9 Å². The standard InChI is InChI=1S/C14H10FN3O/c15-11-7-9(16)5-6-13(11)18-8-17-12-4-2-1-3-10(12)14(18)19/h1-8H,16H2. The average Bonchev–Trinajstić information content (AvgIpc) is 2.41. The molecule has 0 radical (unpaired) electrons. The molecule has 3 rings (SSSR count). The molecule has 19 heavy (non-hydrogen) atoms. The smallest absolute Gasteiger partial charge is 0.265 e. The van der Waals surface area contributed by atoms with E-state index >= 15 is 0 Å².